The molecule has 0 spiro atoms. The average Bonchev–Trinajstić information content (AvgIpc) is 2.11. The van der Waals surface area contributed by atoms with E-state index in [0.29, 0.717) is 5.28 Å². The monoisotopic (exact) mass is 269 g/mol. The van der Waals surface area contributed by atoms with Gasteiger partial charge in [0.2, 0.25) is 5.28 Å². The lowest BCUT2D eigenvalue weighted by Gasteiger charge is -2.33. The van der Waals surface area contributed by atoms with Crippen molar-refractivity contribution < 1.29 is 0 Å². The van der Waals surface area contributed by atoms with Gasteiger partial charge in [0, 0.05) is 17.3 Å². The highest BCUT2D eigenvalue weighted by atomic mass is 35.5. The van der Waals surface area contributed by atoms with E-state index in [4.69, 9.17) is 11.6 Å². The van der Waals surface area contributed by atoms with E-state index in [2.05, 4.69) is 56.8 Å². The molecule has 3 nitrogen and oxygen atoms in total. The van der Waals surface area contributed by atoms with Crippen LogP contribution in [0.2, 0.25) is 5.28 Å². The normalized spacial score (nSPS) is 12.6. The zero-order chi connectivity index (χ0) is 14.0. The molecule has 0 bridgehead atoms. The number of halogens is 1. The van der Waals surface area contributed by atoms with Crippen LogP contribution in [-0.4, -0.2) is 15.5 Å². The third-order valence-electron chi connectivity index (χ3n) is 2.55. The molecular formula is C14H24ClN3. The van der Waals surface area contributed by atoms with E-state index in [-0.39, 0.29) is 11.0 Å². The number of hydrogen-bond donors (Lipinski definition) is 1. The fourth-order valence-corrected chi connectivity index (χ4v) is 2.63. The van der Waals surface area contributed by atoms with Gasteiger partial charge < -0.3 is 5.32 Å². The summed E-state index contributed by atoms with van der Waals surface area (Å²) in [5.74, 6) is 0.807. The van der Waals surface area contributed by atoms with Crippen LogP contribution in [0.5, 0.6) is 0 Å². The Kier molecular flexibility index (Phi) is 4.60. The molecule has 1 rings (SSSR count). The van der Waals surface area contributed by atoms with Crippen molar-refractivity contribution in [3.05, 3.63) is 17.0 Å². The minimum atomic E-state index is -0.0268. The van der Waals surface area contributed by atoms with Gasteiger partial charge in [-0.1, -0.05) is 27.7 Å². The summed E-state index contributed by atoms with van der Waals surface area (Å²) in [6.45, 7) is 13.1. The SMILES string of the molecule is CCc1cc(NC(C)(C)CC(C)(C)C)nc(Cl)n1. The average molecular weight is 270 g/mol. The van der Waals surface area contributed by atoms with Gasteiger partial charge in [0.1, 0.15) is 5.82 Å². The van der Waals surface area contributed by atoms with Gasteiger partial charge in [-0.3, -0.25) is 0 Å². The van der Waals surface area contributed by atoms with Gasteiger partial charge in [-0.25, -0.2) is 9.97 Å². The molecule has 0 radical (unpaired) electrons. The van der Waals surface area contributed by atoms with Crippen LogP contribution in [0.3, 0.4) is 0 Å². The first kappa shape index (κ1) is 15.2. The zero-order valence-electron chi connectivity index (χ0n) is 12.3. The molecule has 0 fully saturated rings. The van der Waals surface area contributed by atoms with Crippen LogP contribution in [0.25, 0.3) is 0 Å². The van der Waals surface area contributed by atoms with Crippen LogP contribution >= 0.6 is 11.6 Å². The Bertz CT molecular complexity index is 408. The number of aryl methyl sites for hydroxylation is 1. The molecule has 0 aliphatic rings. The van der Waals surface area contributed by atoms with Gasteiger partial charge in [0.15, 0.2) is 0 Å². The summed E-state index contributed by atoms with van der Waals surface area (Å²) in [5.41, 5.74) is 1.20. The van der Waals surface area contributed by atoms with Gasteiger partial charge in [-0.15, -0.1) is 0 Å². The highest BCUT2D eigenvalue weighted by Gasteiger charge is 2.25. The first-order chi connectivity index (χ1) is 8.11. The predicted octanol–water partition coefficient (Wildman–Crippen LogP) is 4.32. The molecule has 1 N–H and O–H groups in total. The van der Waals surface area contributed by atoms with E-state index in [1.54, 1.807) is 0 Å². The Morgan fingerprint density at radius 3 is 2.28 bits per heavy atom. The third-order valence-corrected chi connectivity index (χ3v) is 2.72. The number of aromatic nitrogens is 2. The number of anilines is 1. The molecule has 0 amide bonds. The van der Waals surface area contributed by atoms with Crippen LogP contribution < -0.4 is 5.32 Å². The van der Waals surface area contributed by atoms with Crippen LogP contribution in [-0.2, 0) is 6.42 Å². The highest BCUT2D eigenvalue weighted by molar-refractivity contribution is 6.28. The summed E-state index contributed by atoms with van der Waals surface area (Å²) >= 11 is 5.93. The van der Waals surface area contributed by atoms with Crippen LogP contribution in [0.15, 0.2) is 6.07 Å². The fourth-order valence-electron chi connectivity index (χ4n) is 2.43. The smallest absolute Gasteiger partial charge is 0.224 e. The van der Waals surface area contributed by atoms with Crippen molar-refractivity contribution in [3.8, 4) is 0 Å². The topological polar surface area (TPSA) is 37.8 Å². The summed E-state index contributed by atoms with van der Waals surface area (Å²) < 4.78 is 0. The van der Waals surface area contributed by atoms with Crippen LogP contribution in [0, 0.1) is 5.41 Å². The molecule has 0 saturated heterocycles. The Labute approximate surface area is 115 Å². The Hall–Kier alpha value is -0.830. The largest absolute Gasteiger partial charge is 0.365 e. The summed E-state index contributed by atoms with van der Waals surface area (Å²) in [4.78, 5) is 8.41. The second-order valence-corrected chi connectivity index (χ2v) is 6.95. The van der Waals surface area contributed by atoms with Crippen LogP contribution in [0.1, 0.15) is 53.7 Å². The number of hydrogen-bond acceptors (Lipinski definition) is 3. The van der Waals surface area contributed by atoms with Gasteiger partial charge >= 0.3 is 0 Å². The van der Waals surface area contributed by atoms with E-state index in [1.165, 1.54) is 0 Å². The van der Waals surface area contributed by atoms with E-state index in [9.17, 15) is 0 Å². The van der Waals surface area contributed by atoms with Crippen molar-refractivity contribution in [2.75, 3.05) is 5.32 Å². The lowest BCUT2D eigenvalue weighted by atomic mass is 9.82. The van der Waals surface area contributed by atoms with Crippen molar-refractivity contribution in [1.29, 1.82) is 0 Å². The van der Waals surface area contributed by atoms with Crippen molar-refractivity contribution >= 4 is 17.4 Å². The summed E-state index contributed by atoms with van der Waals surface area (Å²) in [5, 5.41) is 3.76. The molecule has 1 aromatic rings. The van der Waals surface area contributed by atoms with Crippen molar-refractivity contribution in [3.63, 3.8) is 0 Å². The van der Waals surface area contributed by atoms with Gasteiger partial charge in [-0.2, -0.15) is 0 Å². The second kappa shape index (κ2) is 5.43. The fraction of sp³-hybridized carbons (Fsp3) is 0.714. The molecule has 1 aromatic heterocycles. The highest BCUT2D eigenvalue weighted by Crippen LogP contribution is 2.29. The van der Waals surface area contributed by atoms with Crippen molar-refractivity contribution in [2.45, 2.75) is 59.9 Å². The molecule has 0 saturated carbocycles. The molecule has 1 heterocycles. The predicted molar refractivity (Wildman–Crippen MR) is 78.2 cm³/mol. The molecule has 102 valence electrons. The van der Waals surface area contributed by atoms with Crippen molar-refractivity contribution in [1.82, 2.24) is 9.97 Å². The summed E-state index contributed by atoms with van der Waals surface area (Å²) in [6.07, 6.45) is 1.90. The lowest BCUT2D eigenvalue weighted by molar-refractivity contribution is 0.302. The quantitative estimate of drug-likeness (QED) is 0.828. The van der Waals surface area contributed by atoms with Gasteiger partial charge in [-0.05, 0) is 43.7 Å². The Morgan fingerprint density at radius 2 is 1.78 bits per heavy atom. The van der Waals surface area contributed by atoms with E-state index in [1.807, 2.05) is 6.07 Å². The first-order valence-corrected chi connectivity index (χ1v) is 6.81. The van der Waals surface area contributed by atoms with E-state index >= 15 is 0 Å². The lowest BCUT2D eigenvalue weighted by Crippen LogP contribution is -2.35. The molecule has 0 aliphatic carbocycles. The number of nitrogens with zero attached hydrogens (tertiary/aromatic N) is 2. The molecule has 0 aromatic carbocycles. The van der Waals surface area contributed by atoms with Gasteiger partial charge in [0.05, 0.1) is 0 Å². The van der Waals surface area contributed by atoms with Gasteiger partial charge in [0.25, 0.3) is 0 Å². The molecule has 0 atom stereocenters. The molecule has 0 unspecified atom stereocenters. The third kappa shape index (κ3) is 5.21. The maximum atomic E-state index is 5.93. The van der Waals surface area contributed by atoms with E-state index in [0.717, 1.165) is 24.4 Å². The van der Waals surface area contributed by atoms with E-state index < -0.39 is 0 Å². The first-order valence-electron chi connectivity index (χ1n) is 6.43. The number of rotatable bonds is 4. The maximum absolute atomic E-state index is 5.93. The van der Waals surface area contributed by atoms with Crippen molar-refractivity contribution in [2.24, 2.45) is 5.41 Å². The number of nitrogens with one attached hydrogen (secondary N) is 1. The molecule has 4 heteroatoms. The Balaban J connectivity index is 2.86. The summed E-state index contributed by atoms with van der Waals surface area (Å²) in [6, 6.07) is 1.97. The second-order valence-electron chi connectivity index (χ2n) is 6.61. The maximum Gasteiger partial charge on any atom is 0.224 e. The van der Waals surface area contributed by atoms with Crippen LogP contribution in [0.4, 0.5) is 5.82 Å². The Morgan fingerprint density at radius 1 is 1.17 bits per heavy atom. The minimum absolute atomic E-state index is 0.0268. The minimum Gasteiger partial charge on any atom is -0.365 e. The standard InChI is InChI=1S/C14H24ClN3/c1-7-10-8-11(17-12(15)16-10)18-14(5,6)9-13(2,3)4/h8H,7,9H2,1-6H3,(H,16,17,18). The molecular weight excluding hydrogens is 246 g/mol. The summed E-state index contributed by atoms with van der Waals surface area (Å²) in [7, 11) is 0. The zero-order valence-corrected chi connectivity index (χ0v) is 13.0. The molecule has 0 aliphatic heterocycles. The molecule has 18 heavy (non-hydrogen) atoms.